The Morgan fingerprint density at radius 1 is 1.03 bits per heavy atom. The smallest absolute Gasteiger partial charge is 0.417 e. The van der Waals surface area contributed by atoms with Crippen LogP contribution < -0.4 is 20.3 Å². The van der Waals surface area contributed by atoms with Crippen molar-refractivity contribution in [2.45, 2.75) is 6.18 Å². The Kier molecular flexibility index (Phi) is 7.21. The van der Waals surface area contributed by atoms with Gasteiger partial charge in [0.15, 0.2) is 0 Å². The van der Waals surface area contributed by atoms with Crippen LogP contribution in [0.1, 0.15) is 16.1 Å². The Hall–Kier alpha value is -4.32. The molecular formula is C24H19ClF3N5O4. The Morgan fingerprint density at radius 2 is 1.76 bits per heavy atom. The van der Waals surface area contributed by atoms with Gasteiger partial charge < -0.3 is 15.4 Å². The zero-order valence-corrected chi connectivity index (χ0v) is 19.9. The molecule has 1 aliphatic rings. The molecule has 0 atom stereocenters. The number of benzene rings is 2. The highest BCUT2D eigenvalue weighted by atomic mass is 35.5. The van der Waals surface area contributed by atoms with Crippen molar-refractivity contribution in [2.24, 2.45) is 0 Å². The van der Waals surface area contributed by atoms with Gasteiger partial charge in [-0.05, 0) is 48.5 Å². The van der Waals surface area contributed by atoms with Crippen LogP contribution in [-0.4, -0.2) is 48.0 Å². The molecule has 0 aliphatic carbocycles. The second-order valence-electron chi connectivity index (χ2n) is 7.76. The second kappa shape index (κ2) is 10.3. The van der Waals surface area contributed by atoms with Gasteiger partial charge in [-0.1, -0.05) is 11.6 Å². The summed E-state index contributed by atoms with van der Waals surface area (Å²) in [6, 6.07) is 10.9. The molecule has 2 heterocycles. The van der Waals surface area contributed by atoms with Crippen LogP contribution >= 0.6 is 11.6 Å². The highest BCUT2D eigenvalue weighted by molar-refractivity contribution is 6.31. The lowest BCUT2D eigenvalue weighted by Crippen LogP contribution is -2.39. The van der Waals surface area contributed by atoms with Crippen LogP contribution in [0.15, 0.2) is 60.8 Å². The molecule has 192 valence electrons. The quantitative estimate of drug-likeness (QED) is 0.458. The molecule has 0 spiro atoms. The van der Waals surface area contributed by atoms with Gasteiger partial charge in [-0.25, -0.2) is 14.5 Å². The van der Waals surface area contributed by atoms with Gasteiger partial charge in [0.2, 0.25) is 0 Å². The number of anilines is 2. The van der Waals surface area contributed by atoms with Crippen molar-refractivity contribution in [1.82, 2.24) is 15.2 Å². The number of carbonyl (C=O) groups is 3. The van der Waals surface area contributed by atoms with E-state index in [0.717, 1.165) is 21.9 Å². The molecular weight excluding hydrogens is 515 g/mol. The van der Waals surface area contributed by atoms with Gasteiger partial charge >= 0.3 is 18.2 Å². The lowest BCUT2D eigenvalue weighted by atomic mass is 10.2. The molecule has 1 aliphatic heterocycles. The highest BCUT2D eigenvalue weighted by Gasteiger charge is 2.37. The van der Waals surface area contributed by atoms with Crippen molar-refractivity contribution in [3.8, 4) is 11.5 Å². The molecule has 3 aromatic rings. The van der Waals surface area contributed by atoms with Gasteiger partial charge in [0.1, 0.15) is 17.2 Å². The molecule has 1 aromatic heterocycles. The first-order chi connectivity index (χ1) is 17.6. The fourth-order valence-corrected chi connectivity index (χ4v) is 3.75. The molecule has 1 saturated heterocycles. The summed E-state index contributed by atoms with van der Waals surface area (Å²) < 4.78 is 45.3. The number of amides is 5. The molecule has 13 heteroatoms. The van der Waals surface area contributed by atoms with E-state index in [1.807, 2.05) is 0 Å². The number of nitrogens with one attached hydrogen (secondary N) is 2. The fraction of sp³-hybridized carbons (Fsp3) is 0.167. The van der Waals surface area contributed by atoms with Crippen molar-refractivity contribution < 1.29 is 32.3 Å². The van der Waals surface area contributed by atoms with Crippen LogP contribution in [0.4, 0.5) is 34.1 Å². The Labute approximate surface area is 213 Å². The first kappa shape index (κ1) is 25.8. The van der Waals surface area contributed by atoms with Gasteiger partial charge in [-0.3, -0.25) is 14.7 Å². The van der Waals surface area contributed by atoms with E-state index in [0.29, 0.717) is 17.2 Å². The zero-order valence-electron chi connectivity index (χ0n) is 19.2. The van der Waals surface area contributed by atoms with Gasteiger partial charge in [0, 0.05) is 37.2 Å². The van der Waals surface area contributed by atoms with Crippen LogP contribution in [0.5, 0.6) is 11.5 Å². The Morgan fingerprint density at radius 3 is 2.43 bits per heavy atom. The van der Waals surface area contributed by atoms with Crippen LogP contribution in [0.2, 0.25) is 5.02 Å². The number of urea groups is 2. The zero-order chi connectivity index (χ0) is 26.7. The first-order valence-corrected chi connectivity index (χ1v) is 11.2. The van der Waals surface area contributed by atoms with Crippen molar-refractivity contribution in [3.05, 3.63) is 77.1 Å². The van der Waals surface area contributed by atoms with E-state index in [2.05, 4.69) is 15.6 Å². The minimum atomic E-state index is -4.69. The minimum Gasteiger partial charge on any atom is -0.457 e. The number of aromatic nitrogens is 1. The third-order valence-corrected chi connectivity index (χ3v) is 5.68. The summed E-state index contributed by atoms with van der Waals surface area (Å²) >= 11 is 5.65. The summed E-state index contributed by atoms with van der Waals surface area (Å²) in [5, 5.41) is 4.56. The predicted molar refractivity (Wildman–Crippen MR) is 129 cm³/mol. The lowest BCUT2D eigenvalue weighted by molar-refractivity contribution is -0.137. The maximum Gasteiger partial charge on any atom is 0.417 e. The Bertz CT molecular complexity index is 1350. The number of halogens is 4. The van der Waals surface area contributed by atoms with Gasteiger partial charge in [0.25, 0.3) is 5.91 Å². The molecule has 37 heavy (non-hydrogen) atoms. The summed E-state index contributed by atoms with van der Waals surface area (Å²) in [6.07, 6.45) is -3.26. The fourth-order valence-electron chi connectivity index (χ4n) is 3.52. The maximum atomic E-state index is 13.2. The number of hydrogen-bond donors (Lipinski definition) is 2. The summed E-state index contributed by atoms with van der Waals surface area (Å²) in [5.74, 6) is 0.429. The first-order valence-electron chi connectivity index (χ1n) is 10.8. The number of nitrogens with zero attached hydrogens (tertiary/aromatic N) is 3. The lowest BCUT2D eigenvalue weighted by Gasteiger charge is -2.19. The van der Waals surface area contributed by atoms with E-state index >= 15 is 0 Å². The monoisotopic (exact) mass is 533 g/mol. The molecule has 1 fully saturated rings. The molecule has 0 radical (unpaired) electrons. The molecule has 9 nitrogen and oxygen atoms in total. The van der Waals surface area contributed by atoms with Crippen molar-refractivity contribution in [3.63, 3.8) is 0 Å². The Balaban J connectivity index is 1.40. The van der Waals surface area contributed by atoms with Crippen LogP contribution in [-0.2, 0) is 6.18 Å². The van der Waals surface area contributed by atoms with E-state index in [-0.39, 0.29) is 30.4 Å². The third kappa shape index (κ3) is 5.75. The number of alkyl halides is 3. The van der Waals surface area contributed by atoms with Crippen molar-refractivity contribution in [1.29, 1.82) is 0 Å². The van der Waals surface area contributed by atoms with Gasteiger partial charge in [0.05, 0.1) is 17.1 Å². The maximum absolute atomic E-state index is 13.2. The highest BCUT2D eigenvalue weighted by Crippen LogP contribution is 2.37. The van der Waals surface area contributed by atoms with E-state index in [1.54, 1.807) is 30.3 Å². The summed E-state index contributed by atoms with van der Waals surface area (Å²) in [5.41, 5.74) is -0.549. The predicted octanol–water partition coefficient (Wildman–Crippen LogP) is 5.38. The molecule has 5 amide bonds. The second-order valence-corrected chi connectivity index (χ2v) is 8.17. The third-order valence-electron chi connectivity index (χ3n) is 5.35. The summed E-state index contributed by atoms with van der Waals surface area (Å²) in [6.45, 7) is -0.00646. The van der Waals surface area contributed by atoms with E-state index < -0.39 is 28.8 Å². The standard InChI is InChI=1S/C24H19ClF3N5O4/c1-29-21(34)20-13-17(8-9-30-20)37-16-5-2-14(3-6-16)31-22(35)33-11-10-32(23(33)36)15-4-7-19(25)18(12-15)24(26,27)28/h2-9,12-13H,10-11H2,1H3,(H,29,34)(H,31,35). The number of pyridine rings is 1. The molecule has 0 unspecified atom stereocenters. The van der Waals surface area contributed by atoms with Crippen LogP contribution in [0, 0.1) is 0 Å². The van der Waals surface area contributed by atoms with E-state index in [1.165, 1.54) is 25.4 Å². The number of imide groups is 1. The topological polar surface area (TPSA) is 104 Å². The summed E-state index contributed by atoms with van der Waals surface area (Å²) in [7, 11) is 1.49. The average Bonchev–Trinajstić information content (AvgIpc) is 3.26. The normalized spacial score (nSPS) is 13.5. The summed E-state index contributed by atoms with van der Waals surface area (Å²) in [4.78, 5) is 43.1. The van der Waals surface area contributed by atoms with E-state index in [9.17, 15) is 27.6 Å². The van der Waals surface area contributed by atoms with Crippen molar-refractivity contribution >= 4 is 40.9 Å². The van der Waals surface area contributed by atoms with Crippen LogP contribution in [0.25, 0.3) is 0 Å². The van der Waals surface area contributed by atoms with Gasteiger partial charge in [-0.2, -0.15) is 13.2 Å². The molecule has 0 bridgehead atoms. The number of hydrogen-bond acceptors (Lipinski definition) is 5. The number of ether oxygens (including phenoxy) is 1. The molecule has 0 saturated carbocycles. The number of carbonyl (C=O) groups excluding carboxylic acids is 3. The average molecular weight is 534 g/mol. The number of rotatable bonds is 5. The van der Waals surface area contributed by atoms with Crippen LogP contribution in [0.3, 0.4) is 0 Å². The largest absolute Gasteiger partial charge is 0.457 e. The van der Waals surface area contributed by atoms with Crippen molar-refractivity contribution in [2.75, 3.05) is 30.4 Å². The SMILES string of the molecule is CNC(=O)c1cc(Oc2ccc(NC(=O)N3CCN(c4ccc(Cl)c(C(F)(F)F)c4)C3=O)cc2)ccn1. The minimum absolute atomic E-state index is 0.0158. The molecule has 4 rings (SSSR count). The van der Waals surface area contributed by atoms with Gasteiger partial charge in [-0.15, -0.1) is 0 Å². The van der Waals surface area contributed by atoms with E-state index in [4.69, 9.17) is 16.3 Å². The molecule has 2 N–H and O–H groups in total. The molecule has 2 aromatic carbocycles.